The van der Waals surface area contributed by atoms with Crippen molar-refractivity contribution in [2.45, 2.75) is 20.3 Å². The average Bonchev–Trinajstić information content (AvgIpc) is 2.77. The van der Waals surface area contributed by atoms with E-state index in [1.165, 1.54) is 6.42 Å². The molecule has 1 saturated carbocycles. The molecule has 0 aromatic heterocycles. The summed E-state index contributed by atoms with van der Waals surface area (Å²) in [6, 6.07) is 0. The van der Waals surface area contributed by atoms with Crippen LogP contribution in [0.25, 0.3) is 0 Å². The molecule has 0 radical (unpaired) electrons. The van der Waals surface area contributed by atoms with Gasteiger partial charge in [0, 0.05) is 13.6 Å². The van der Waals surface area contributed by atoms with Gasteiger partial charge in [-0.15, -0.1) is 0 Å². The summed E-state index contributed by atoms with van der Waals surface area (Å²) in [5.74, 6) is 1.80. The molecule has 1 N–H and O–H groups in total. The second-order valence-electron chi connectivity index (χ2n) is 4.03. The minimum Gasteiger partial charge on any atom is -0.344 e. The van der Waals surface area contributed by atoms with Gasteiger partial charge in [0.1, 0.15) is 0 Å². The van der Waals surface area contributed by atoms with Crippen molar-refractivity contribution >= 4 is 5.91 Å². The van der Waals surface area contributed by atoms with Gasteiger partial charge < -0.3 is 10.2 Å². The Labute approximate surface area is 80.5 Å². The Kier molecular flexibility index (Phi) is 3.72. The van der Waals surface area contributed by atoms with Gasteiger partial charge in [-0.3, -0.25) is 4.79 Å². The van der Waals surface area contributed by atoms with Gasteiger partial charge in [0.15, 0.2) is 0 Å². The van der Waals surface area contributed by atoms with Crippen LogP contribution in [-0.2, 0) is 4.79 Å². The van der Waals surface area contributed by atoms with Gasteiger partial charge in [0.25, 0.3) is 0 Å². The van der Waals surface area contributed by atoms with Crippen LogP contribution in [0.1, 0.15) is 20.3 Å². The molecule has 1 amide bonds. The van der Waals surface area contributed by atoms with E-state index >= 15 is 0 Å². The number of hydrogen-bond acceptors (Lipinski definition) is 2. The van der Waals surface area contributed by atoms with Crippen LogP contribution < -0.4 is 5.32 Å². The van der Waals surface area contributed by atoms with Crippen LogP contribution in [0.3, 0.4) is 0 Å². The number of rotatable bonds is 5. The summed E-state index contributed by atoms with van der Waals surface area (Å²) in [4.78, 5) is 13.3. The van der Waals surface area contributed by atoms with Gasteiger partial charge in [0.2, 0.25) is 5.91 Å². The number of hydrogen-bond donors (Lipinski definition) is 1. The molecule has 2 unspecified atom stereocenters. The first-order valence-corrected chi connectivity index (χ1v) is 5.09. The molecule has 1 aliphatic rings. The topological polar surface area (TPSA) is 32.3 Å². The van der Waals surface area contributed by atoms with E-state index in [2.05, 4.69) is 12.2 Å². The van der Waals surface area contributed by atoms with E-state index in [0.29, 0.717) is 6.54 Å². The summed E-state index contributed by atoms with van der Waals surface area (Å²) in [7, 11) is 1.89. The Hall–Kier alpha value is -0.570. The van der Waals surface area contributed by atoms with Crippen molar-refractivity contribution in [2.75, 3.05) is 26.7 Å². The lowest BCUT2D eigenvalue weighted by atomic mass is 10.3. The summed E-state index contributed by atoms with van der Waals surface area (Å²) in [6.07, 6.45) is 1.29. The van der Waals surface area contributed by atoms with Crippen molar-refractivity contribution in [3.8, 4) is 0 Å². The monoisotopic (exact) mass is 184 g/mol. The lowest BCUT2D eigenvalue weighted by molar-refractivity contribution is -0.129. The summed E-state index contributed by atoms with van der Waals surface area (Å²) in [6.45, 7) is 6.53. The lowest BCUT2D eigenvalue weighted by Crippen LogP contribution is -2.36. The van der Waals surface area contributed by atoms with Crippen molar-refractivity contribution in [3.63, 3.8) is 0 Å². The second kappa shape index (κ2) is 4.61. The maximum Gasteiger partial charge on any atom is 0.236 e. The van der Waals surface area contributed by atoms with E-state index in [4.69, 9.17) is 0 Å². The standard InChI is InChI=1S/C10H20N2O/c1-4-11-6-10(13)12(3)7-9-5-8(9)2/h8-9,11H,4-7H2,1-3H3. The molecule has 3 nitrogen and oxygen atoms in total. The zero-order valence-corrected chi connectivity index (χ0v) is 8.84. The molecule has 0 aliphatic heterocycles. The van der Waals surface area contributed by atoms with Crippen LogP contribution in [0, 0.1) is 11.8 Å². The predicted octanol–water partition coefficient (Wildman–Crippen LogP) is 0.710. The van der Waals surface area contributed by atoms with Crippen LogP contribution >= 0.6 is 0 Å². The van der Waals surface area contributed by atoms with E-state index in [0.717, 1.165) is 24.9 Å². The zero-order valence-electron chi connectivity index (χ0n) is 8.84. The molecule has 76 valence electrons. The molecule has 0 aromatic carbocycles. The molecule has 0 bridgehead atoms. The van der Waals surface area contributed by atoms with E-state index in [1.807, 2.05) is 18.9 Å². The highest BCUT2D eigenvalue weighted by Gasteiger charge is 2.33. The van der Waals surface area contributed by atoms with Crippen molar-refractivity contribution in [1.82, 2.24) is 10.2 Å². The van der Waals surface area contributed by atoms with Gasteiger partial charge >= 0.3 is 0 Å². The number of nitrogens with one attached hydrogen (secondary N) is 1. The molecular weight excluding hydrogens is 164 g/mol. The Morgan fingerprint density at radius 2 is 2.23 bits per heavy atom. The van der Waals surface area contributed by atoms with Crippen molar-refractivity contribution in [3.05, 3.63) is 0 Å². The van der Waals surface area contributed by atoms with Crippen LogP contribution in [0.15, 0.2) is 0 Å². The molecule has 0 aromatic rings. The summed E-state index contributed by atoms with van der Waals surface area (Å²) < 4.78 is 0. The third kappa shape index (κ3) is 3.35. The van der Waals surface area contributed by atoms with Gasteiger partial charge in [-0.2, -0.15) is 0 Å². The predicted molar refractivity (Wildman–Crippen MR) is 53.5 cm³/mol. The van der Waals surface area contributed by atoms with E-state index in [1.54, 1.807) is 0 Å². The summed E-state index contributed by atoms with van der Waals surface area (Å²) in [5, 5.41) is 3.04. The third-order valence-electron chi connectivity index (χ3n) is 2.74. The Balaban J connectivity index is 2.14. The largest absolute Gasteiger partial charge is 0.344 e. The van der Waals surface area contributed by atoms with Crippen molar-refractivity contribution in [1.29, 1.82) is 0 Å². The molecule has 1 aliphatic carbocycles. The number of amides is 1. The molecule has 0 saturated heterocycles. The fourth-order valence-electron chi connectivity index (χ4n) is 1.47. The highest BCUT2D eigenvalue weighted by Crippen LogP contribution is 2.37. The van der Waals surface area contributed by atoms with E-state index in [9.17, 15) is 4.79 Å². The van der Waals surface area contributed by atoms with Gasteiger partial charge in [0.05, 0.1) is 6.54 Å². The number of carbonyl (C=O) groups is 1. The zero-order chi connectivity index (χ0) is 9.84. The van der Waals surface area contributed by atoms with Crippen LogP contribution in [0.5, 0.6) is 0 Å². The van der Waals surface area contributed by atoms with E-state index in [-0.39, 0.29) is 5.91 Å². The normalized spacial score (nSPS) is 25.8. The highest BCUT2D eigenvalue weighted by atomic mass is 16.2. The Morgan fingerprint density at radius 1 is 1.62 bits per heavy atom. The maximum atomic E-state index is 11.4. The quantitative estimate of drug-likeness (QED) is 0.682. The van der Waals surface area contributed by atoms with Crippen molar-refractivity contribution in [2.24, 2.45) is 11.8 Å². The number of likely N-dealkylation sites (N-methyl/N-ethyl adjacent to an activating group) is 2. The molecule has 1 rings (SSSR count). The highest BCUT2D eigenvalue weighted by molar-refractivity contribution is 5.77. The minimum atomic E-state index is 0.209. The van der Waals surface area contributed by atoms with Crippen LogP contribution in [0.4, 0.5) is 0 Å². The first-order valence-electron chi connectivity index (χ1n) is 5.09. The maximum absolute atomic E-state index is 11.4. The molecule has 0 spiro atoms. The summed E-state index contributed by atoms with van der Waals surface area (Å²) >= 11 is 0. The SMILES string of the molecule is CCNCC(=O)N(C)CC1CC1C. The molecule has 2 atom stereocenters. The Morgan fingerprint density at radius 3 is 2.69 bits per heavy atom. The summed E-state index contributed by atoms with van der Waals surface area (Å²) in [5.41, 5.74) is 0. The lowest BCUT2D eigenvalue weighted by Gasteiger charge is -2.16. The van der Waals surface area contributed by atoms with Gasteiger partial charge in [-0.05, 0) is 24.8 Å². The number of carbonyl (C=O) groups excluding carboxylic acids is 1. The molecular formula is C10H20N2O. The molecule has 13 heavy (non-hydrogen) atoms. The van der Waals surface area contributed by atoms with E-state index < -0.39 is 0 Å². The first-order chi connectivity index (χ1) is 6.15. The smallest absolute Gasteiger partial charge is 0.236 e. The minimum absolute atomic E-state index is 0.209. The first kappa shape index (κ1) is 10.5. The Bertz CT molecular complexity index is 182. The van der Waals surface area contributed by atoms with Crippen LogP contribution in [-0.4, -0.2) is 37.5 Å². The third-order valence-corrected chi connectivity index (χ3v) is 2.74. The fourth-order valence-corrected chi connectivity index (χ4v) is 1.47. The van der Waals surface area contributed by atoms with Gasteiger partial charge in [-0.1, -0.05) is 13.8 Å². The molecule has 1 fully saturated rings. The van der Waals surface area contributed by atoms with Crippen molar-refractivity contribution < 1.29 is 4.79 Å². The molecule has 0 heterocycles. The average molecular weight is 184 g/mol. The second-order valence-corrected chi connectivity index (χ2v) is 4.03. The number of nitrogens with zero attached hydrogens (tertiary/aromatic N) is 1. The fraction of sp³-hybridized carbons (Fsp3) is 0.900. The van der Waals surface area contributed by atoms with Gasteiger partial charge in [-0.25, -0.2) is 0 Å². The molecule has 3 heteroatoms. The van der Waals surface area contributed by atoms with Crippen LogP contribution in [0.2, 0.25) is 0 Å².